The molecule has 4 rings (SSSR count). The lowest BCUT2D eigenvalue weighted by Crippen LogP contribution is -2.15. The van der Waals surface area contributed by atoms with E-state index in [2.05, 4.69) is 21.6 Å². The minimum atomic E-state index is -0.338. The zero-order valence-electron chi connectivity index (χ0n) is 18.4. The van der Waals surface area contributed by atoms with Crippen molar-refractivity contribution in [2.75, 3.05) is 11.1 Å². The van der Waals surface area contributed by atoms with Crippen LogP contribution in [-0.2, 0) is 24.2 Å². The number of rotatable bonds is 8. The Bertz CT molecular complexity index is 1200. The van der Waals surface area contributed by atoms with Crippen LogP contribution in [0.1, 0.15) is 54.6 Å². The van der Waals surface area contributed by atoms with Crippen LogP contribution < -0.4 is 10.1 Å². The van der Waals surface area contributed by atoms with Crippen molar-refractivity contribution in [2.24, 2.45) is 0 Å². The van der Waals surface area contributed by atoms with Crippen LogP contribution in [-0.4, -0.2) is 26.4 Å². The standard InChI is InChI=1S/C23H24ClN5O2S2/c1-3-29-21(14(2)31-16-8-6-7-15(24)11-16)27-28-23(29)32-13-20(30)26-22-18(12-25)17-9-4-5-10-19(17)33-22/h6-8,11,14H,3-5,9-10,13H2,1-2H3,(H,26,30). The molecule has 0 fully saturated rings. The van der Waals surface area contributed by atoms with Crippen molar-refractivity contribution in [3.8, 4) is 11.8 Å². The van der Waals surface area contributed by atoms with Gasteiger partial charge in [-0.05, 0) is 63.3 Å². The molecule has 1 atom stereocenters. The Morgan fingerprint density at radius 3 is 2.97 bits per heavy atom. The summed E-state index contributed by atoms with van der Waals surface area (Å²) >= 11 is 8.89. The van der Waals surface area contributed by atoms with Gasteiger partial charge in [-0.25, -0.2) is 0 Å². The minimum Gasteiger partial charge on any atom is -0.483 e. The second kappa shape index (κ2) is 10.6. The van der Waals surface area contributed by atoms with Crippen LogP contribution in [0.2, 0.25) is 5.02 Å². The number of thiophene rings is 1. The fraction of sp³-hybridized carbons (Fsp3) is 0.391. The third-order valence-electron chi connectivity index (χ3n) is 5.40. The van der Waals surface area contributed by atoms with Crippen LogP contribution >= 0.6 is 34.7 Å². The SMILES string of the molecule is CCn1c(SCC(=O)Nc2sc3c(c2C#N)CCCC3)nnc1C(C)Oc1cccc(Cl)c1. The zero-order valence-corrected chi connectivity index (χ0v) is 20.8. The molecule has 1 aromatic carbocycles. The predicted molar refractivity (Wildman–Crippen MR) is 131 cm³/mol. The molecular weight excluding hydrogens is 478 g/mol. The lowest BCUT2D eigenvalue weighted by Gasteiger charge is -2.15. The third-order valence-corrected chi connectivity index (χ3v) is 7.81. The lowest BCUT2D eigenvalue weighted by atomic mass is 9.96. The second-order valence-corrected chi connectivity index (χ2v) is 10.2. The van der Waals surface area contributed by atoms with E-state index in [1.165, 1.54) is 28.0 Å². The molecule has 0 spiro atoms. The molecule has 10 heteroatoms. The summed E-state index contributed by atoms with van der Waals surface area (Å²) in [4.78, 5) is 13.9. The van der Waals surface area contributed by atoms with Crippen molar-refractivity contribution in [3.63, 3.8) is 0 Å². The van der Waals surface area contributed by atoms with Gasteiger partial charge in [0.25, 0.3) is 0 Å². The Kier molecular flexibility index (Phi) is 7.58. The van der Waals surface area contributed by atoms with E-state index >= 15 is 0 Å². The van der Waals surface area contributed by atoms with Gasteiger partial charge >= 0.3 is 0 Å². The number of aryl methyl sites for hydroxylation is 1. The molecule has 3 aromatic rings. The molecule has 172 valence electrons. The number of halogens is 1. The molecule has 0 saturated carbocycles. The van der Waals surface area contributed by atoms with E-state index in [1.54, 1.807) is 12.1 Å². The monoisotopic (exact) mass is 501 g/mol. The van der Waals surface area contributed by atoms with Crippen molar-refractivity contribution in [1.82, 2.24) is 14.8 Å². The Morgan fingerprint density at radius 2 is 2.21 bits per heavy atom. The van der Waals surface area contributed by atoms with Crippen LogP contribution in [0.4, 0.5) is 5.00 Å². The largest absolute Gasteiger partial charge is 0.483 e. The topological polar surface area (TPSA) is 92.8 Å². The predicted octanol–water partition coefficient (Wildman–Crippen LogP) is 5.63. The van der Waals surface area contributed by atoms with E-state index in [0.29, 0.717) is 38.9 Å². The van der Waals surface area contributed by atoms with E-state index in [-0.39, 0.29) is 17.8 Å². The van der Waals surface area contributed by atoms with Crippen LogP contribution in [0.3, 0.4) is 0 Å². The number of hydrogen-bond acceptors (Lipinski definition) is 7. The number of amides is 1. The highest BCUT2D eigenvalue weighted by Crippen LogP contribution is 2.37. The van der Waals surface area contributed by atoms with E-state index in [1.807, 2.05) is 30.5 Å². The number of hydrogen-bond donors (Lipinski definition) is 1. The van der Waals surface area contributed by atoms with Crippen LogP contribution in [0, 0.1) is 11.3 Å². The second-order valence-electron chi connectivity index (χ2n) is 7.67. The number of carbonyl (C=O) groups excluding carboxylic acids is 1. The highest BCUT2D eigenvalue weighted by Gasteiger charge is 2.23. The van der Waals surface area contributed by atoms with E-state index < -0.39 is 0 Å². The van der Waals surface area contributed by atoms with Gasteiger partial charge in [-0.15, -0.1) is 21.5 Å². The quantitative estimate of drug-likeness (QED) is 0.402. The number of nitrogens with one attached hydrogen (secondary N) is 1. The highest BCUT2D eigenvalue weighted by atomic mass is 35.5. The molecule has 0 saturated heterocycles. The van der Waals surface area contributed by atoms with Gasteiger partial charge in [0, 0.05) is 16.4 Å². The number of anilines is 1. The summed E-state index contributed by atoms with van der Waals surface area (Å²) in [5, 5.41) is 23.0. The number of nitriles is 1. The molecule has 0 aliphatic heterocycles. The Balaban J connectivity index is 1.41. The summed E-state index contributed by atoms with van der Waals surface area (Å²) in [6, 6.07) is 9.49. The number of nitrogens with zero attached hydrogens (tertiary/aromatic N) is 4. The number of aromatic nitrogens is 3. The Hall–Kier alpha value is -2.54. The van der Waals surface area contributed by atoms with Crippen molar-refractivity contribution in [3.05, 3.63) is 51.1 Å². The van der Waals surface area contributed by atoms with Crippen molar-refractivity contribution < 1.29 is 9.53 Å². The maximum atomic E-state index is 12.7. The highest BCUT2D eigenvalue weighted by molar-refractivity contribution is 7.99. The van der Waals surface area contributed by atoms with Gasteiger partial charge in [0.15, 0.2) is 17.1 Å². The van der Waals surface area contributed by atoms with Gasteiger partial charge in [0.05, 0.1) is 11.3 Å². The molecule has 2 aromatic heterocycles. The van der Waals surface area contributed by atoms with E-state index in [4.69, 9.17) is 16.3 Å². The normalized spacial score (nSPS) is 13.8. The molecule has 0 bridgehead atoms. The molecule has 1 amide bonds. The lowest BCUT2D eigenvalue weighted by molar-refractivity contribution is -0.113. The molecule has 7 nitrogen and oxygen atoms in total. The average molecular weight is 502 g/mol. The zero-order chi connectivity index (χ0) is 23.4. The number of carbonyl (C=O) groups is 1. The fourth-order valence-corrected chi connectivity index (χ4v) is 6.11. The van der Waals surface area contributed by atoms with Gasteiger partial charge in [-0.1, -0.05) is 29.4 Å². The summed E-state index contributed by atoms with van der Waals surface area (Å²) in [6.45, 7) is 4.55. The van der Waals surface area contributed by atoms with E-state index in [9.17, 15) is 10.1 Å². The van der Waals surface area contributed by atoms with Gasteiger partial charge in [-0.3, -0.25) is 4.79 Å². The van der Waals surface area contributed by atoms with E-state index in [0.717, 1.165) is 31.2 Å². The average Bonchev–Trinajstić information content (AvgIpc) is 3.37. The van der Waals surface area contributed by atoms with Gasteiger partial charge in [-0.2, -0.15) is 5.26 Å². The molecule has 0 radical (unpaired) electrons. The van der Waals surface area contributed by atoms with Crippen molar-refractivity contribution >= 4 is 45.6 Å². The number of ether oxygens (including phenoxy) is 1. The first-order valence-electron chi connectivity index (χ1n) is 10.8. The molecule has 1 N–H and O–H groups in total. The Morgan fingerprint density at radius 1 is 1.39 bits per heavy atom. The van der Waals surface area contributed by atoms with Gasteiger partial charge in [0.2, 0.25) is 5.91 Å². The summed E-state index contributed by atoms with van der Waals surface area (Å²) in [5.74, 6) is 1.35. The van der Waals surface area contributed by atoms with Gasteiger partial charge < -0.3 is 14.6 Å². The first-order chi connectivity index (χ1) is 16.0. The third kappa shape index (κ3) is 5.35. The number of fused-ring (bicyclic) bond motifs is 1. The Labute approximate surface area is 206 Å². The maximum Gasteiger partial charge on any atom is 0.235 e. The molecule has 1 aliphatic carbocycles. The maximum absolute atomic E-state index is 12.7. The van der Waals surface area contributed by atoms with Crippen molar-refractivity contribution in [2.45, 2.75) is 57.3 Å². The molecule has 1 unspecified atom stereocenters. The van der Waals surface area contributed by atoms with Gasteiger partial charge in [0.1, 0.15) is 16.8 Å². The summed E-state index contributed by atoms with van der Waals surface area (Å²) in [5.41, 5.74) is 1.74. The summed E-state index contributed by atoms with van der Waals surface area (Å²) < 4.78 is 7.92. The molecule has 33 heavy (non-hydrogen) atoms. The minimum absolute atomic E-state index is 0.162. The fourth-order valence-electron chi connectivity index (χ4n) is 3.87. The first kappa shape index (κ1) is 23.6. The smallest absolute Gasteiger partial charge is 0.235 e. The first-order valence-corrected chi connectivity index (χ1v) is 13.0. The summed E-state index contributed by atoms with van der Waals surface area (Å²) in [7, 11) is 0. The molecule has 2 heterocycles. The summed E-state index contributed by atoms with van der Waals surface area (Å²) in [6.07, 6.45) is 3.79. The molecule has 1 aliphatic rings. The number of benzene rings is 1. The molecular formula is C23H24ClN5O2S2. The van der Waals surface area contributed by atoms with Crippen molar-refractivity contribution in [1.29, 1.82) is 5.26 Å². The number of thioether (sulfide) groups is 1. The van der Waals surface area contributed by atoms with Crippen LogP contribution in [0.15, 0.2) is 29.4 Å². The van der Waals surface area contributed by atoms with Crippen LogP contribution in [0.25, 0.3) is 0 Å². The van der Waals surface area contributed by atoms with Crippen LogP contribution in [0.5, 0.6) is 5.75 Å².